The number of carbonyl (C=O) groups excluding carboxylic acids is 4. The van der Waals surface area contributed by atoms with Crippen LogP contribution < -0.4 is 10.6 Å². The van der Waals surface area contributed by atoms with Crippen LogP contribution in [0.5, 0.6) is 0 Å². The summed E-state index contributed by atoms with van der Waals surface area (Å²) in [6.45, 7) is 0.957. The maximum atomic E-state index is 11.9. The van der Waals surface area contributed by atoms with Gasteiger partial charge in [-0.15, -0.1) is 0 Å². The van der Waals surface area contributed by atoms with Gasteiger partial charge in [-0.25, -0.2) is 0 Å². The van der Waals surface area contributed by atoms with Crippen molar-refractivity contribution in [1.82, 2.24) is 15.5 Å². The maximum absolute atomic E-state index is 11.9. The lowest BCUT2D eigenvalue weighted by Crippen LogP contribution is -2.34. The van der Waals surface area contributed by atoms with Gasteiger partial charge in [-0.05, 0) is 30.7 Å². The zero-order valence-corrected chi connectivity index (χ0v) is 15.3. The number of hydrogen-bond donors (Lipinski definition) is 2. The normalized spacial score (nSPS) is 13.9. The van der Waals surface area contributed by atoms with Crippen LogP contribution in [0.1, 0.15) is 36.0 Å². The summed E-state index contributed by atoms with van der Waals surface area (Å²) in [5.41, 5.74) is 0.531. The average Bonchev–Trinajstić information content (AvgIpc) is 2.90. The highest BCUT2D eigenvalue weighted by molar-refractivity contribution is 9.10. The number of rotatable bonds is 8. The molecule has 1 aromatic rings. The SMILES string of the molecule is O=C(CCNC(=O)c1ccc(Br)cc1)NCCCN1C(=O)CCC1=O. The van der Waals surface area contributed by atoms with Gasteiger partial charge in [0.15, 0.2) is 0 Å². The molecular formula is C17H20BrN3O4. The Hall–Kier alpha value is -2.22. The predicted octanol–water partition coefficient (Wildman–Crippen LogP) is 1.22. The summed E-state index contributed by atoms with van der Waals surface area (Å²) >= 11 is 3.30. The number of amides is 4. The molecule has 2 N–H and O–H groups in total. The van der Waals surface area contributed by atoms with Crippen molar-refractivity contribution in [2.45, 2.75) is 25.7 Å². The quantitative estimate of drug-likeness (QED) is 0.498. The first kappa shape index (κ1) is 19.1. The van der Waals surface area contributed by atoms with Crippen LogP contribution in [0.3, 0.4) is 0 Å². The molecule has 134 valence electrons. The van der Waals surface area contributed by atoms with Crippen LogP contribution in [0.15, 0.2) is 28.7 Å². The topological polar surface area (TPSA) is 95.6 Å². The molecule has 1 heterocycles. The largest absolute Gasteiger partial charge is 0.356 e. The van der Waals surface area contributed by atoms with E-state index >= 15 is 0 Å². The standard InChI is InChI=1S/C17H20BrN3O4/c18-13-4-2-12(3-5-13)17(25)20-10-8-14(22)19-9-1-11-21-15(23)6-7-16(21)24/h2-5H,1,6-11H2,(H,19,22)(H,20,25). The lowest BCUT2D eigenvalue weighted by atomic mass is 10.2. The molecule has 1 fully saturated rings. The third-order valence-electron chi connectivity index (χ3n) is 3.78. The molecule has 4 amide bonds. The molecule has 0 aliphatic carbocycles. The molecule has 7 nitrogen and oxygen atoms in total. The van der Waals surface area contributed by atoms with Gasteiger partial charge >= 0.3 is 0 Å². The second-order valence-corrected chi connectivity index (χ2v) is 6.57. The Balaban J connectivity index is 1.58. The zero-order chi connectivity index (χ0) is 18.2. The minimum absolute atomic E-state index is 0.146. The van der Waals surface area contributed by atoms with Crippen molar-refractivity contribution >= 4 is 39.6 Å². The molecule has 25 heavy (non-hydrogen) atoms. The van der Waals surface area contributed by atoms with Gasteiger partial charge in [-0.1, -0.05) is 15.9 Å². The minimum Gasteiger partial charge on any atom is -0.356 e. The van der Waals surface area contributed by atoms with E-state index in [-0.39, 0.29) is 49.4 Å². The van der Waals surface area contributed by atoms with Crippen molar-refractivity contribution in [3.63, 3.8) is 0 Å². The molecule has 1 aromatic carbocycles. The molecule has 0 radical (unpaired) electrons. The number of nitrogens with zero attached hydrogens (tertiary/aromatic N) is 1. The van der Waals surface area contributed by atoms with E-state index in [1.54, 1.807) is 24.3 Å². The number of imide groups is 1. The molecule has 1 aliphatic rings. The van der Waals surface area contributed by atoms with Crippen LogP contribution in [0.2, 0.25) is 0 Å². The van der Waals surface area contributed by atoms with E-state index in [0.29, 0.717) is 25.1 Å². The van der Waals surface area contributed by atoms with Gasteiger partial charge in [-0.2, -0.15) is 0 Å². The first-order valence-corrected chi connectivity index (χ1v) is 8.90. The van der Waals surface area contributed by atoms with Gasteiger partial charge in [0.25, 0.3) is 5.91 Å². The number of benzene rings is 1. The van der Waals surface area contributed by atoms with Crippen LogP contribution in [0, 0.1) is 0 Å². The molecule has 0 saturated carbocycles. The highest BCUT2D eigenvalue weighted by atomic mass is 79.9. The van der Waals surface area contributed by atoms with Gasteiger partial charge in [0.05, 0.1) is 0 Å². The summed E-state index contributed by atoms with van der Waals surface area (Å²) < 4.78 is 0.890. The molecule has 1 saturated heterocycles. The number of likely N-dealkylation sites (tertiary alicyclic amines) is 1. The van der Waals surface area contributed by atoms with Crippen LogP contribution in [0.25, 0.3) is 0 Å². The summed E-state index contributed by atoms with van der Waals surface area (Å²) in [5, 5.41) is 5.40. The number of nitrogens with one attached hydrogen (secondary N) is 2. The highest BCUT2D eigenvalue weighted by Crippen LogP contribution is 2.11. The number of carbonyl (C=O) groups is 4. The van der Waals surface area contributed by atoms with Crippen molar-refractivity contribution in [3.05, 3.63) is 34.3 Å². The molecule has 0 bridgehead atoms. The second kappa shape index (κ2) is 9.31. The number of hydrogen-bond acceptors (Lipinski definition) is 4. The molecule has 8 heteroatoms. The van der Waals surface area contributed by atoms with Crippen LogP contribution in [-0.2, 0) is 14.4 Å². The van der Waals surface area contributed by atoms with Gasteiger partial charge in [0.2, 0.25) is 17.7 Å². The Morgan fingerprint density at radius 1 is 1.00 bits per heavy atom. The molecule has 2 rings (SSSR count). The van der Waals surface area contributed by atoms with E-state index in [1.807, 2.05) is 0 Å². The first-order chi connectivity index (χ1) is 12.0. The molecule has 1 aliphatic heterocycles. The summed E-state index contributed by atoms with van der Waals surface area (Å²) in [6, 6.07) is 6.94. The third kappa shape index (κ3) is 5.97. The Morgan fingerprint density at radius 3 is 2.28 bits per heavy atom. The van der Waals surface area contributed by atoms with Gasteiger partial charge in [0.1, 0.15) is 0 Å². The van der Waals surface area contributed by atoms with Gasteiger partial charge in [-0.3, -0.25) is 24.1 Å². The molecule has 0 spiro atoms. The Kier molecular flexibility index (Phi) is 7.12. The van der Waals surface area contributed by atoms with Crippen molar-refractivity contribution in [3.8, 4) is 0 Å². The van der Waals surface area contributed by atoms with Gasteiger partial charge < -0.3 is 10.6 Å². The fourth-order valence-corrected chi connectivity index (χ4v) is 2.68. The first-order valence-electron chi connectivity index (χ1n) is 8.11. The summed E-state index contributed by atoms with van der Waals surface area (Å²) in [5.74, 6) is -0.708. The van der Waals surface area contributed by atoms with E-state index in [1.165, 1.54) is 4.90 Å². The summed E-state index contributed by atoms with van der Waals surface area (Å²) in [7, 11) is 0. The molecule has 0 atom stereocenters. The Bertz CT molecular complexity index is 644. The summed E-state index contributed by atoms with van der Waals surface area (Å²) in [6.07, 6.45) is 1.25. The predicted molar refractivity (Wildman–Crippen MR) is 94.7 cm³/mol. The summed E-state index contributed by atoms with van der Waals surface area (Å²) in [4.78, 5) is 47.7. The average molecular weight is 410 g/mol. The molecule has 0 unspecified atom stereocenters. The van der Waals surface area contributed by atoms with Crippen molar-refractivity contribution in [1.29, 1.82) is 0 Å². The Labute approximate surface area is 154 Å². The van der Waals surface area contributed by atoms with Crippen LogP contribution >= 0.6 is 15.9 Å². The van der Waals surface area contributed by atoms with Crippen molar-refractivity contribution in [2.24, 2.45) is 0 Å². The second-order valence-electron chi connectivity index (χ2n) is 5.66. The van der Waals surface area contributed by atoms with E-state index in [2.05, 4.69) is 26.6 Å². The highest BCUT2D eigenvalue weighted by Gasteiger charge is 2.27. The van der Waals surface area contributed by atoms with E-state index in [0.717, 1.165) is 4.47 Å². The van der Waals surface area contributed by atoms with Crippen LogP contribution in [-0.4, -0.2) is 48.2 Å². The lowest BCUT2D eigenvalue weighted by molar-refractivity contribution is -0.138. The Morgan fingerprint density at radius 2 is 1.64 bits per heavy atom. The lowest BCUT2D eigenvalue weighted by Gasteiger charge is -2.13. The minimum atomic E-state index is -0.230. The van der Waals surface area contributed by atoms with Crippen LogP contribution in [0.4, 0.5) is 0 Å². The monoisotopic (exact) mass is 409 g/mol. The number of halogens is 1. The van der Waals surface area contributed by atoms with E-state index in [9.17, 15) is 19.2 Å². The zero-order valence-electron chi connectivity index (χ0n) is 13.7. The van der Waals surface area contributed by atoms with Crippen molar-refractivity contribution in [2.75, 3.05) is 19.6 Å². The molecular weight excluding hydrogens is 390 g/mol. The fourth-order valence-electron chi connectivity index (χ4n) is 2.42. The van der Waals surface area contributed by atoms with Crippen molar-refractivity contribution < 1.29 is 19.2 Å². The fraction of sp³-hybridized carbons (Fsp3) is 0.412. The maximum Gasteiger partial charge on any atom is 0.251 e. The smallest absolute Gasteiger partial charge is 0.251 e. The van der Waals surface area contributed by atoms with Gasteiger partial charge in [0, 0.05) is 48.9 Å². The van der Waals surface area contributed by atoms with E-state index < -0.39 is 0 Å². The molecule has 0 aromatic heterocycles. The van der Waals surface area contributed by atoms with E-state index in [4.69, 9.17) is 0 Å². The third-order valence-corrected chi connectivity index (χ3v) is 4.31.